The van der Waals surface area contributed by atoms with Crippen molar-refractivity contribution < 1.29 is 19.2 Å². The number of rotatable bonds is 8. The number of quaternary nitrogens is 1. The van der Waals surface area contributed by atoms with E-state index in [1.54, 1.807) is 11.9 Å². The van der Waals surface area contributed by atoms with Crippen LogP contribution in [-0.2, 0) is 20.9 Å². The number of ether oxygens (including phenoxy) is 1. The van der Waals surface area contributed by atoms with Crippen LogP contribution in [0.1, 0.15) is 5.56 Å². The molecule has 2 amide bonds. The normalized spacial score (nSPS) is 14.8. The van der Waals surface area contributed by atoms with Crippen LogP contribution < -0.4 is 15.1 Å². The summed E-state index contributed by atoms with van der Waals surface area (Å²) < 4.78 is 5.38. The minimum absolute atomic E-state index is 0.0130. The van der Waals surface area contributed by atoms with E-state index >= 15 is 0 Å². The van der Waals surface area contributed by atoms with Gasteiger partial charge in [-0.2, -0.15) is 0 Å². The van der Waals surface area contributed by atoms with Gasteiger partial charge in [0.05, 0.1) is 20.3 Å². The van der Waals surface area contributed by atoms with Crippen molar-refractivity contribution >= 4 is 23.2 Å². The smallest absolute Gasteiger partial charge is 0.279 e. The molecule has 1 aliphatic rings. The van der Waals surface area contributed by atoms with Crippen molar-refractivity contribution in [2.24, 2.45) is 0 Å². The molecule has 7 heteroatoms. The molecule has 7 nitrogen and oxygen atoms in total. The van der Waals surface area contributed by atoms with Gasteiger partial charge < -0.3 is 24.8 Å². The summed E-state index contributed by atoms with van der Waals surface area (Å²) in [4.78, 5) is 29.6. The molecule has 1 unspecified atom stereocenters. The Morgan fingerprint density at radius 1 is 1.03 bits per heavy atom. The van der Waals surface area contributed by atoms with Crippen molar-refractivity contribution in [2.75, 3.05) is 63.7 Å². The quantitative estimate of drug-likeness (QED) is 0.669. The first-order valence-electron chi connectivity index (χ1n) is 10.3. The van der Waals surface area contributed by atoms with E-state index in [1.807, 2.05) is 61.6 Å². The van der Waals surface area contributed by atoms with E-state index < -0.39 is 0 Å². The highest BCUT2D eigenvalue weighted by Crippen LogP contribution is 2.18. The van der Waals surface area contributed by atoms with Gasteiger partial charge in [-0.3, -0.25) is 9.59 Å². The standard InChI is InChI=1S/C23H30N4O3/c1-25(18-23(29)26(2)16-19-6-4-3-5-7-19)17-22(28)24-20-8-10-21(11-9-20)27-12-14-30-15-13-27/h3-11H,12-18H2,1-2H3,(H,24,28)/p+1. The van der Waals surface area contributed by atoms with E-state index in [4.69, 9.17) is 4.74 Å². The molecule has 2 N–H and O–H groups in total. The fourth-order valence-electron chi connectivity index (χ4n) is 3.46. The largest absolute Gasteiger partial charge is 0.378 e. The van der Waals surface area contributed by atoms with E-state index in [0.717, 1.165) is 48.1 Å². The molecule has 0 aromatic heterocycles. The fraction of sp³-hybridized carbons (Fsp3) is 0.391. The van der Waals surface area contributed by atoms with Crippen LogP contribution in [-0.4, -0.2) is 70.2 Å². The Kier molecular flexibility index (Phi) is 7.82. The summed E-state index contributed by atoms with van der Waals surface area (Å²) in [7, 11) is 3.65. The summed E-state index contributed by atoms with van der Waals surface area (Å²) >= 11 is 0. The van der Waals surface area contributed by atoms with Crippen molar-refractivity contribution in [3.05, 3.63) is 60.2 Å². The first kappa shape index (κ1) is 21.8. The van der Waals surface area contributed by atoms with Gasteiger partial charge in [0.2, 0.25) is 0 Å². The zero-order valence-electron chi connectivity index (χ0n) is 17.8. The average Bonchev–Trinajstić information content (AvgIpc) is 2.75. The predicted octanol–water partition coefficient (Wildman–Crippen LogP) is 0.635. The number of amides is 2. The number of benzene rings is 2. The highest BCUT2D eigenvalue weighted by molar-refractivity contribution is 5.91. The molecule has 1 saturated heterocycles. The van der Waals surface area contributed by atoms with Crippen LogP contribution in [0.5, 0.6) is 0 Å². The Morgan fingerprint density at radius 2 is 1.70 bits per heavy atom. The Labute approximate surface area is 178 Å². The summed E-state index contributed by atoms with van der Waals surface area (Å²) in [5, 5.41) is 2.92. The zero-order chi connectivity index (χ0) is 21.3. The van der Waals surface area contributed by atoms with Crippen LogP contribution in [0.4, 0.5) is 11.4 Å². The molecule has 2 aromatic carbocycles. The number of anilines is 2. The number of carbonyl (C=O) groups is 2. The summed E-state index contributed by atoms with van der Waals surface area (Å²) in [6, 6.07) is 17.7. The zero-order valence-corrected chi connectivity index (χ0v) is 17.8. The lowest BCUT2D eigenvalue weighted by atomic mass is 10.2. The third kappa shape index (κ3) is 6.57. The van der Waals surface area contributed by atoms with Gasteiger partial charge in [-0.15, -0.1) is 0 Å². The molecular formula is C23H31N4O3+. The number of likely N-dealkylation sites (N-methyl/N-ethyl adjacent to an activating group) is 2. The van der Waals surface area contributed by atoms with Crippen LogP contribution in [0.15, 0.2) is 54.6 Å². The van der Waals surface area contributed by atoms with E-state index in [0.29, 0.717) is 6.54 Å². The van der Waals surface area contributed by atoms with Crippen LogP contribution in [0.3, 0.4) is 0 Å². The second-order valence-corrected chi connectivity index (χ2v) is 7.74. The van der Waals surface area contributed by atoms with Crippen molar-refractivity contribution in [3.8, 4) is 0 Å². The number of hydrogen-bond acceptors (Lipinski definition) is 4. The molecule has 0 bridgehead atoms. The lowest BCUT2D eigenvalue weighted by molar-refractivity contribution is -0.862. The van der Waals surface area contributed by atoms with Crippen molar-refractivity contribution in [1.82, 2.24) is 4.90 Å². The summed E-state index contributed by atoms with van der Waals surface area (Å²) in [6.07, 6.45) is 0. The van der Waals surface area contributed by atoms with Crippen LogP contribution in [0, 0.1) is 0 Å². The first-order chi connectivity index (χ1) is 14.5. The lowest BCUT2D eigenvalue weighted by Gasteiger charge is -2.28. The van der Waals surface area contributed by atoms with Crippen LogP contribution >= 0.6 is 0 Å². The third-order valence-electron chi connectivity index (χ3n) is 5.13. The van der Waals surface area contributed by atoms with Crippen LogP contribution in [0.25, 0.3) is 0 Å². The number of morpholine rings is 1. The Morgan fingerprint density at radius 3 is 2.37 bits per heavy atom. The average molecular weight is 412 g/mol. The summed E-state index contributed by atoms with van der Waals surface area (Å²) in [6.45, 7) is 4.32. The molecule has 0 aliphatic carbocycles. The maximum absolute atomic E-state index is 12.4. The van der Waals surface area contributed by atoms with Gasteiger partial charge in [-0.05, 0) is 29.8 Å². The van der Waals surface area contributed by atoms with Crippen molar-refractivity contribution in [2.45, 2.75) is 6.54 Å². The molecule has 0 spiro atoms. The molecule has 30 heavy (non-hydrogen) atoms. The number of nitrogens with zero attached hydrogens (tertiary/aromatic N) is 2. The van der Waals surface area contributed by atoms with E-state index in [9.17, 15) is 9.59 Å². The Bertz CT molecular complexity index is 820. The number of hydrogen-bond donors (Lipinski definition) is 2. The minimum atomic E-state index is -0.106. The Balaban J connectivity index is 1.43. The third-order valence-corrected chi connectivity index (χ3v) is 5.13. The molecule has 1 fully saturated rings. The highest BCUT2D eigenvalue weighted by Gasteiger charge is 2.18. The van der Waals surface area contributed by atoms with Gasteiger partial charge in [-0.1, -0.05) is 30.3 Å². The van der Waals surface area contributed by atoms with E-state index in [1.165, 1.54) is 0 Å². The van der Waals surface area contributed by atoms with Gasteiger partial charge >= 0.3 is 0 Å². The van der Waals surface area contributed by atoms with Crippen LogP contribution in [0.2, 0.25) is 0 Å². The van der Waals surface area contributed by atoms with Gasteiger partial charge in [0.15, 0.2) is 13.1 Å². The van der Waals surface area contributed by atoms with Gasteiger partial charge in [0.25, 0.3) is 11.8 Å². The number of carbonyl (C=O) groups excluding carboxylic acids is 2. The molecule has 160 valence electrons. The molecule has 0 radical (unpaired) electrons. The second-order valence-electron chi connectivity index (χ2n) is 7.74. The van der Waals surface area contributed by atoms with Crippen molar-refractivity contribution in [3.63, 3.8) is 0 Å². The maximum Gasteiger partial charge on any atom is 0.279 e. The topological polar surface area (TPSA) is 66.3 Å². The summed E-state index contributed by atoms with van der Waals surface area (Å²) in [5.74, 6) is -0.0934. The predicted molar refractivity (Wildman–Crippen MR) is 118 cm³/mol. The molecule has 2 aromatic rings. The number of nitrogens with one attached hydrogen (secondary N) is 2. The Hall–Kier alpha value is -2.90. The second kappa shape index (κ2) is 10.8. The van der Waals surface area contributed by atoms with Gasteiger partial charge in [-0.25, -0.2) is 0 Å². The fourth-order valence-corrected chi connectivity index (χ4v) is 3.46. The van der Waals surface area contributed by atoms with E-state index in [-0.39, 0.29) is 24.9 Å². The van der Waals surface area contributed by atoms with E-state index in [2.05, 4.69) is 10.2 Å². The highest BCUT2D eigenvalue weighted by atomic mass is 16.5. The SMILES string of the molecule is CN(Cc1ccccc1)C(=O)C[NH+](C)CC(=O)Nc1ccc(N2CCOCC2)cc1. The van der Waals surface area contributed by atoms with Gasteiger partial charge in [0, 0.05) is 38.1 Å². The van der Waals surface area contributed by atoms with Gasteiger partial charge in [0.1, 0.15) is 0 Å². The molecule has 1 heterocycles. The molecule has 1 atom stereocenters. The molecular weight excluding hydrogens is 380 g/mol. The lowest BCUT2D eigenvalue weighted by Crippen LogP contribution is -3.11. The molecule has 1 aliphatic heterocycles. The first-order valence-corrected chi connectivity index (χ1v) is 10.3. The maximum atomic E-state index is 12.4. The molecule has 3 rings (SSSR count). The molecule has 0 saturated carbocycles. The minimum Gasteiger partial charge on any atom is -0.378 e. The van der Waals surface area contributed by atoms with Crippen molar-refractivity contribution in [1.29, 1.82) is 0 Å². The summed E-state index contributed by atoms with van der Waals surface area (Å²) in [5.41, 5.74) is 2.98. The monoisotopic (exact) mass is 411 g/mol.